The molecule has 1 saturated heterocycles. The standard InChI is InChI=1S/C58H56N8O8/c67-41-23-19-37(20-24-41)29-49-55(71)66-52(32-40-34-60-46-18-10-8-16-44(40)46)58(74)64-48(28-36-13-5-2-6-14-36)54(70)62-50(30-38-21-25-42(68)26-22-38)56(72)65-51(31-39-33-59-45-17-9-7-15-43(39)45)57(73)63-47(53(69)61-49)27-35-11-3-1-4-12-35/h1-26,33-34,47-52,59-60,67-68H,27-32H2,(H,61,69)(H,62,70)(H,63,73)(H,64,74)(H,65,72)(H,66,71)/t47-,48-,49-,50-,51-,52-/m0/s1. The Balaban J connectivity index is 1.14. The molecule has 1 aliphatic rings. The van der Waals surface area contributed by atoms with Crippen molar-refractivity contribution in [2.45, 2.75) is 74.8 Å². The Morgan fingerprint density at radius 2 is 0.554 bits per heavy atom. The van der Waals surface area contributed by atoms with E-state index in [-0.39, 0.29) is 50.0 Å². The van der Waals surface area contributed by atoms with Gasteiger partial charge in [-0.1, -0.05) is 121 Å². The second kappa shape index (κ2) is 22.9. The molecule has 1 fully saturated rings. The number of carbonyl (C=O) groups is 6. The van der Waals surface area contributed by atoms with Crippen LogP contribution in [0.3, 0.4) is 0 Å². The van der Waals surface area contributed by atoms with Crippen molar-refractivity contribution in [2.75, 3.05) is 0 Å². The number of nitrogens with one attached hydrogen (secondary N) is 8. The molecule has 0 bridgehead atoms. The normalized spacial score (nSPS) is 20.3. The third-order valence-electron chi connectivity index (χ3n) is 13.3. The SMILES string of the molecule is O=C1N[C@@H](Cc2c[nH]c3ccccc23)C(=O)N[C@@H](Cc2ccccc2)C(=O)N[C@@H](Cc2ccc(O)cc2)C(=O)N[C@@H](Cc2c[nH]c3ccccc23)C(=O)N[C@@H](Cc2ccccc2)C(=O)N[C@H]1Cc1ccc(O)cc1. The summed E-state index contributed by atoms with van der Waals surface area (Å²) < 4.78 is 0. The summed E-state index contributed by atoms with van der Waals surface area (Å²) in [6.45, 7) is 0. The summed E-state index contributed by atoms with van der Waals surface area (Å²) in [6.07, 6.45) is 3.18. The molecule has 1 aliphatic heterocycles. The zero-order valence-corrected chi connectivity index (χ0v) is 40.2. The van der Waals surface area contributed by atoms with Gasteiger partial charge in [0.05, 0.1) is 0 Å². The fourth-order valence-electron chi connectivity index (χ4n) is 9.37. The molecule has 6 aromatic carbocycles. The van der Waals surface area contributed by atoms with Crippen LogP contribution in [0, 0.1) is 0 Å². The van der Waals surface area contributed by atoms with Crippen LogP contribution >= 0.6 is 0 Å². The fourth-order valence-corrected chi connectivity index (χ4v) is 9.37. The van der Waals surface area contributed by atoms with Crippen LogP contribution in [-0.2, 0) is 67.3 Å². The predicted octanol–water partition coefficient (Wildman–Crippen LogP) is 4.74. The molecule has 9 rings (SSSR count). The van der Waals surface area contributed by atoms with Gasteiger partial charge in [-0.15, -0.1) is 0 Å². The minimum atomic E-state index is -1.34. The molecule has 0 spiro atoms. The summed E-state index contributed by atoms with van der Waals surface area (Å²) in [5.74, 6) is -4.38. The molecule has 376 valence electrons. The van der Waals surface area contributed by atoms with Crippen LogP contribution in [0.1, 0.15) is 33.4 Å². The van der Waals surface area contributed by atoms with Gasteiger partial charge in [0.2, 0.25) is 35.4 Å². The van der Waals surface area contributed by atoms with Crippen molar-refractivity contribution in [3.05, 3.63) is 203 Å². The van der Waals surface area contributed by atoms with Crippen molar-refractivity contribution in [3.8, 4) is 11.5 Å². The van der Waals surface area contributed by atoms with E-state index in [2.05, 4.69) is 41.9 Å². The molecule has 0 radical (unpaired) electrons. The maximum atomic E-state index is 15.0. The van der Waals surface area contributed by atoms with E-state index < -0.39 is 71.7 Å². The smallest absolute Gasteiger partial charge is 0.243 e. The number of para-hydroxylation sites is 2. The fraction of sp³-hybridized carbons (Fsp3) is 0.207. The topological polar surface area (TPSA) is 247 Å². The minimum absolute atomic E-state index is 0.0110. The van der Waals surface area contributed by atoms with Crippen LogP contribution in [0.4, 0.5) is 0 Å². The number of phenols is 2. The van der Waals surface area contributed by atoms with Crippen LogP contribution in [0.2, 0.25) is 0 Å². The summed E-state index contributed by atoms with van der Waals surface area (Å²) in [6, 6.07) is 37.3. The van der Waals surface area contributed by atoms with Gasteiger partial charge in [-0.25, -0.2) is 0 Å². The van der Waals surface area contributed by atoms with Gasteiger partial charge in [0.15, 0.2) is 0 Å². The molecule has 0 aliphatic carbocycles. The van der Waals surface area contributed by atoms with E-state index in [0.29, 0.717) is 33.4 Å². The van der Waals surface area contributed by atoms with Crippen molar-refractivity contribution in [3.63, 3.8) is 0 Å². The summed E-state index contributed by atoms with van der Waals surface area (Å²) in [7, 11) is 0. The monoisotopic (exact) mass is 992 g/mol. The number of benzene rings is 6. The first-order chi connectivity index (χ1) is 35.9. The highest BCUT2D eigenvalue weighted by molar-refractivity contribution is 5.99. The number of hydrogen-bond donors (Lipinski definition) is 10. The van der Waals surface area contributed by atoms with E-state index in [4.69, 9.17) is 0 Å². The van der Waals surface area contributed by atoms with Gasteiger partial charge in [0, 0.05) is 72.7 Å². The van der Waals surface area contributed by atoms with Gasteiger partial charge >= 0.3 is 0 Å². The van der Waals surface area contributed by atoms with Gasteiger partial charge in [-0.2, -0.15) is 0 Å². The number of aromatic hydroxyl groups is 2. The lowest BCUT2D eigenvalue weighted by Crippen LogP contribution is -2.62. The highest BCUT2D eigenvalue weighted by Crippen LogP contribution is 2.22. The highest BCUT2D eigenvalue weighted by Gasteiger charge is 2.36. The Hall–Kier alpha value is -9.18. The summed E-state index contributed by atoms with van der Waals surface area (Å²) in [5, 5.41) is 39.3. The lowest BCUT2D eigenvalue weighted by atomic mass is 9.98. The highest BCUT2D eigenvalue weighted by atomic mass is 16.3. The zero-order valence-electron chi connectivity index (χ0n) is 40.2. The number of aromatic amines is 2. The third-order valence-corrected chi connectivity index (χ3v) is 13.3. The van der Waals surface area contributed by atoms with E-state index in [1.54, 1.807) is 85.2 Å². The van der Waals surface area contributed by atoms with Crippen LogP contribution in [-0.4, -0.2) is 91.9 Å². The first-order valence-corrected chi connectivity index (χ1v) is 24.5. The molecular weight excluding hydrogens is 937 g/mol. The maximum absolute atomic E-state index is 15.0. The van der Waals surface area contributed by atoms with E-state index in [0.717, 1.165) is 21.8 Å². The second-order valence-corrected chi connectivity index (χ2v) is 18.6. The van der Waals surface area contributed by atoms with Crippen LogP contribution in [0.15, 0.2) is 170 Å². The number of carbonyl (C=O) groups excluding carboxylic acids is 6. The molecule has 0 saturated carbocycles. The molecule has 74 heavy (non-hydrogen) atoms. The van der Waals surface area contributed by atoms with Crippen molar-refractivity contribution in [1.82, 2.24) is 41.9 Å². The van der Waals surface area contributed by atoms with E-state index in [1.165, 1.54) is 24.3 Å². The number of rotatable bonds is 12. The van der Waals surface area contributed by atoms with Gasteiger partial charge in [0.25, 0.3) is 0 Å². The quantitative estimate of drug-likeness (QED) is 0.0818. The Bertz CT molecular complexity index is 3050. The first kappa shape index (κ1) is 49.8. The lowest BCUT2D eigenvalue weighted by molar-refractivity contribution is -0.136. The molecule has 6 amide bonds. The van der Waals surface area contributed by atoms with Crippen molar-refractivity contribution in [2.24, 2.45) is 0 Å². The van der Waals surface area contributed by atoms with Crippen LogP contribution in [0.5, 0.6) is 11.5 Å². The molecule has 6 atom stereocenters. The molecule has 16 heteroatoms. The Labute approximate surface area is 426 Å². The van der Waals surface area contributed by atoms with E-state index in [9.17, 15) is 39.0 Å². The number of fused-ring (bicyclic) bond motifs is 2. The van der Waals surface area contributed by atoms with Crippen LogP contribution in [0.25, 0.3) is 21.8 Å². The number of hydrogen-bond acceptors (Lipinski definition) is 8. The minimum Gasteiger partial charge on any atom is -0.508 e. The molecular formula is C58H56N8O8. The maximum Gasteiger partial charge on any atom is 0.243 e. The summed E-state index contributed by atoms with van der Waals surface area (Å²) >= 11 is 0. The zero-order chi connectivity index (χ0) is 51.6. The second-order valence-electron chi connectivity index (χ2n) is 18.6. The molecule has 3 heterocycles. The van der Waals surface area contributed by atoms with Gasteiger partial charge in [0.1, 0.15) is 47.8 Å². The van der Waals surface area contributed by atoms with Gasteiger partial charge < -0.3 is 52.1 Å². The Morgan fingerprint density at radius 1 is 0.297 bits per heavy atom. The van der Waals surface area contributed by atoms with Gasteiger partial charge in [-0.3, -0.25) is 28.8 Å². The van der Waals surface area contributed by atoms with E-state index in [1.807, 2.05) is 60.7 Å². The first-order valence-electron chi connectivity index (χ1n) is 24.5. The molecule has 0 unspecified atom stereocenters. The Morgan fingerprint density at radius 3 is 0.865 bits per heavy atom. The number of amides is 6. The van der Waals surface area contributed by atoms with Gasteiger partial charge in [-0.05, 0) is 69.8 Å². The molecule has 8 aromatic rings. The number of H-pyrrole nitrogens is 2. The van der Waals surface area contributed by atoms with Crippen molar-refractivity contribution < 1.29 is 39.0 Å². The molecule has 16 nitrogen and oxygen atoms in total. The predicted molar refractivity (Wildman–Crippen MR) is 280 cm³/mol. The average molecular weight is 993 g/mol. The van der Waals surface area contributed by atoms with E-state index >= 15 is 0 Å². The van der Waals surface area contributed by atoms with Crippen LogP contribution < -0.4 is 31.9 Å². The number of aromatic nitrogens is 2. The summed E-state index contributed by atoms with van der Waals surface area (Å²) in [4.78, 5) is 96.2. The molecule has 10 N–H and O–H groups in total. The average Bonchev–Trinajstić information content (AvgIpc) is 4.02. The Kier molecular flexibility index (Phi) is 15.4. The van der Waals surface area contributed by atoms with Crippen molar-refractivity contribution >= 4 is 57.2 Å². The third kappa shape index (κ3) is 12.5. The number of phenolic OH excluding ortho intramolecular Hbond substituents is 2. The summed E-state index contributed by atoms with van der Waals surface area (Å²) in [5.41, 5.74) is 5.45. The molecule has 2 aromatic heterocycles. The largest absolute Gasteiger partial charge is 0.508 e. The lowest BCUT2D eigenvalue weighted by Gasteiger charge is -2.29. The van der Waals surface area contributed by atoms with Crippen molar-refractivity contribution in [1.29, 1.82) is 0 Å².